The largest absolute Gasteiger partial charge is 0.344 e. The van der Waals surface area contributed by atoms with Crippen LogP contribution in [0.2, 0.25) is 0 Å². The zero-order chi connectivity index (χ0) is 17.6. The molecule has 1 fully saturated rings. The fourth-order valence-corrected chi connectivity index (χ4v) is 3.27. The van der Waals surface area contributed by atoms with Crippen LogP contribution in [-0.2, 0) is 16.0 Å². The number of hydrogen-bond donors (Lipinski definition) is 1. The predicted molar refractivity (Wildman–Crippen MR) is 97.1 cm³/mol. The second-order valence-electron chi connectivity index (χ2n) is 6.42. The summed E-state index contributed by atoms with van der Waals surface area (Å²) in [6, 6.07) is 15.0. The van der Waals surface area contributed by atoms with Crippen LogP contribution in [0.15, 0.2) is 54.7 Å². The van der Waals surface area contributed by atoms with Gasteiger partial charge in [0.15, 0.2) is 0 Å². The van der Waals surface area contributed by atoms with Crippen LogP contribution in [0.25, 0.3) is 0 Å². The number of aryl methyl sites for hydroxylation is 1. The molecule has 130 valence electrons. The molecule has 2 atom stereocenters. The molecule has 1 aliphatic rings. The van der Waals surface area contributed by atoms with Crippen LogP contribution in [0.1, 0.15) is 31.9 Å². The van der Waals surface area contributed by atoms with E-state index in [0.717, 1.165) is 24.2 Å². The Hall–Kier alpha value is -2.69. The molecule has 1 saturated heterocycles. The van der Waals surface area contributed by atoms with Gasteiger partial charge in [0.25, 0.3) is 0 Å². The molecule has 5 nitrogen and oxygen atoms in total. The van der Waals surface area contributed by atoms with Crippen molar-refractivity contribution in [1.82, 2.24) is 10.3 Å². The first-order valence-electron chi connectivity index (χ1n) is 8.72. The van der Waals surface area contributed by atoms with Gasteiger partial charge in [-0.3, -0.25) is 14.6 Å². The molecule has 2 amide bonds. The van der Waals surface area contributed by atoms with Gasteiger partial charge in [-0.1, -0.05) is 24.3 Å². The number of anilines is 1. The molecule has 0 aliphatic carbocycles. The van der Waals surface area contributed by atoms with Crippen molar-refractivity contribution in [2.75, 3.05) is 4.90 Å². The summed E-state index contributed by atoms with van der Waals surface area (Å²) in [5, 5.41) is 2.89. The number of hydrogen-bond acceptors (Lipinski definition) is 3. The third-order valence-electron chi connectivity index (χ3n) is 4.49. The third-order valence-corrected chi connectivity index (χ3v) is 4.49. The highest BCUT2D eigenvalue weighted by Crippen LogP contribution is 2.26. The van der Waals surface area contributed by atoms with Gasteiger partial charge in [0.2, 0.25) is 11.8 Å². The minimum Gasteiger partial charge on any atom is -0.344 e. The van der Waals surface area contributed by atoms with Crippen molar-refractivity contribution in [2.45, 2.75) is 44.7 Å². The zero-order valence-corrected chi connectivity index (χ0v) is 14.4. The van der Waals surface area contributed by atoms with Gasteiger partial charge in [-0.25, -0.2) is 0 Å². The van der Waals surface area contributed by atoms with Crippen molar-refractivity contribution in [3.8, 4) is 0 Å². The van der Waals surface area contributed by atoms with E-state index in [1.807, 2.05) is 55.5 Å². The highest BCUT2D eigenvalue weighted by molar-refractivity contribution is 6.01. The van der Waals surface area contributed by atoms with Gasteiger partial charge in [-0.2, -0.15) is 0 Å². The summed E-state index contributed by atoms with van der Waals surface area (Å²) in [5.41, 5.74) is 1.86. The maximum Gasteiger partial charge on any atom is 0.249 e. The van der Waals surface area contributed by atoms with Crippen LogP contribution in [0.4, 0.5) is 5.69 Å². The lowest BCUT2D eigenvalue weighted by Gasteiger charge is -2.21. The van der Waals surface area contributed by atoms with Gasteiger partial charge >= 0.3 is 0 Å². The van der Waals surface area contributed by atoms with E-state index in [4.69, 9.17) is 0 Å². The number of benzene rings is 1. The number of aromatic nitrogens is 1. The smallest absolute Gasteiger partial charge is 0.249 e. The molecule has 2 aromatic rings. The molecule has 2 heterocycles. The number of pyridine rings is 1. The minimum absolute atomic E-state index is 0.0308. The van der Waals surface area contributed by atoms with E-state index in [2.05, 4.69) is 10.3 Å². The number of nitrogens with zero attached hydrogens (tertiary/aromatic N) is 2. The quantitative estimate of drug-likeness (QED) is 0.881. The standard InChI is InChI=1S/C20H23N3O2/c1-15-14-18(20(25)23(15)17-10-3-2-4-11-17)22-19(24)12-7-9-16-8-5-6-13-21-16/h2-6,8,10-11,13,15,18H,7,9,12,14H2,1H3,(H,22,24)/t15-,18+/m1/s1. The molecule has 0 radical (unpaired) electrons. The Labute approximate surface area is 148 Å². The molecular weight excluding hydrogens is 314 g/mol. The summed E-state index contributed by atoms with van der Waals surface area (Å²) in [5.74, 6) is -0.104. The second-order valence-corrected chi connectivity index (χ2v) is 6.42. The highest BCUT2D eigenvalue weighted by atomic mass is 16.2. The van der Waals surface area contributed by atoms with Crippen molar-refractivity contribution in [1.29, 1.82) is 0 Å². The van der Waals surface area contributed by atoms with Gasteiger partial charge < -0.3 is 10.2 Å². The number of carbonyl (C=O) groups is 2. The predicted octanol–water partition coefficient (Wildman–Crippen LogP) is 2.71. The summed E-state index contributed by atoms with van der Waals surface area (Å²) in [6.45, 7) is 2.01. The topological polar surface area (TPSA) is 62.3 Å². The monoisotopic (exact) mass is 337 g/mol. The Balaban J connectivity index is 1.51. The lowest BCUT2D eigenvalue weighted by Crippen LogP contribution is -2.41. The van der Waals surface area contributed by atoms with E-state index >= 15 is 0 Å². The zero-order valence-electron chi connectivity index (χ0n) is 14.4. The Morgan fingerprint density at radius 3 is 2.68 bits per heavy atom. The summed E-state index contributed by atoms with van der Waals surface area (Å²) in [7, 11) is 0. The Morgan fingerprint density at radius 2 is 1.96 bits per heavy atom. The van der Waals surface area contributed by atoms with E-state index in [9.17, 15) is 9.59 Å². The normalized spacial score (nSPS) is 19.9. The van der Waals surface area contributed by atoms with Gasteiger partial charge in [0.1, 0.15) is 6.04 Å². The summed E-state index contributed by atoms with van der Waals surface area (Å²) >= 11 is 0. The molecule has 0 bridgehead atoms. The maximum absolute atomic E-state index is 12.6. The van der Waals surface area contributed by atoms with Crippen LogP contribution in [0.5, 0.6) is 0 Å². The van der Waals surface area contributed by atoms with Crippen LogP contribution in [0.3, 0.4) is 0 Å². The lowest BCUT2D eigenvalue weighted by atomic mass is 10.1. The molecule has 0 unspecified atom stereocenters. The van der Waals surface area contributed by atoms with Crippen molar-refractivity contribution < 1.29 is 9.59 Å². The number of amides is 2. The van der Waals surface area contributed by atoms with E-state index in [1.165, 1.54) is 0 Å². The van der Waals surface area contributed by atoms with Crippen molar-refractivity contribution >= 4 is 17.5 Å². The Morgan fingerprint density at radius 1 is 1.20 bits per heavy atom. The molecule has 0 spiro atoms. The van der Waals surface area contributed by atoms with Gasteiger partial charge in [-0.05, 0) is 50.5 Å². The second kappa shape index (κ2) is 7.92. The molecule has 25 heavy (non-hydrogen) atoms. The summed E-state index contributed by atoms with van der Waals surface area (Å²) in [4.78, 5) is 30.9. The number of nitrogens with one attached hydrogen (secondary N) is 1. The van der Waals surface area contributed by atoms with E-state index in [1.54, 1.807) is 11.1 Å². The lowest BCUT2D eigenvalue weighted by molar-refractivity contribution is -0.126. The van der Waals surface area contributed by atoms with Crippen LogP contribution in [0, 0.1) is 0 Å². The van der Waals surface area contributed by atoms with Crippen LogP contribution >= 0.6 is 0 Å². The molecular formula is C20H23N3O2. The summed E-state index contributed by atoms with van der Waals surface area (Å²) in [6.07, 6.45) is 4.28. The molecule has 3 rings (SSSR count). The van der Waals surface area contributed by atoms with E-state index in [-0.39, 0.29) is 17.9 Å². The Bertz CT molecular complexity index is 718. The molecule has 1 aromatic carbocycles. The van der Waals surface area contributed by atoms with Crippen LogP contribution < -0.4 is 10.2 Å². The molecule has 1 aliphatic heterocycles. The first kappa shape index (κ1) is 17.1. The van der Waals surface area contributed by atoms with Crippen molar-refractivity contribution in [3.63, 3.8) is 0 Å². The minimum atomic E-state index is -0.433. The van der Waals surface area contributed by atoms with Gasteiger partial charge in [0.05, 0.1) is 0 Å². The average molecular weight is 337 g/mol. The van der Waals surface area contributed by atoms with E-state index < -0.39 is 6.04 Å². The molecule has 1 N–H and O–H groups in total. The van der Waals surface area contributed by atoms with Gasteiger partial charge in [-0.15, -0.1) is 0 Å². The molecule has 5 heteroatoms. The molecule has 1 aromatic heterocycles. The van der Waals surface area contributed by atoms with Crippen LogP contribution in [-0.4, -0.2) is 28.9 Å². The third kappa shape index (κ3) is 4.24. The number of carbonyl (C=O) groups excluding carboxylic acids is 2. The number of para-hydroxylation sites is 1. The van der Waals surface area contributed by atoms with Crippen molar-refractivity contribution in [2.24, 2.45) is 0 Å². The number of rotatable bonds is 6. The molecule has 0 saturated carbocycles. The average Bonchev–Trinajstić information content (AvgIpc) is 2.90. The SMILES string of the molecule is C[C@@H]1C[C@H](NC(=O)CCCc2ccccn2)C(=O)N1c1ccccc1. The fraction of sp³-hybridized carbons (Fsp3) is 0.350. The van der Waals surface area contributed by atoms with Crippen molar-refractivity contribution in [3.05, 3.63) is 60.4 Å². The van der Waals surface area contributed by atoms with Gasteiger partial charge in [0, 0.05) is 30.0 Å². The first-order chi connectivity index (χ1) is 12.1. The first-order valence-corrected chi connectivity index (χ1v) is 8.72. The maximum atomic E-state index is 12.6. The Kier molecular flexibility index (Phi) is 5.43. The summed E-state index contributed by atoms with van der Waals surface area (Å²) < 4.78 is 0. The fourth-order valence-electron chi connectivity index (χ4n) is 3.27. The highest BCUT2D eigenvalue weighted by Gasteiger charge is 2.38. The van der Waals surface area contributed by atoms with E-state index in [0.29, 0.717) is 12.8 Å².